The van der Waals surface area contributed by atoms with Crippen molar-refractivity contribution in [1.82, 2.24) is 14.8 Å². The lowest BCUT2D eigenvalue weighted by atomic mass is 10.3. The number of benzene rings is 1. The first-order chi connectivity index (χ1) is 13.1. The van der Waals surface area contributed by atoms with Gasteiger partial charge < -0.3 is 9.64 Å². The fourth-order valence-corrected chi connectivity index (χ4v) is 3.88. The topological polar surface area (TPSA) is 66.0 Å². The van der Waals surface area contributed by atoms with Crippen LogP contribution in [0.1, 0.15) is 19.5 Å². The van der Waals surface area contributed by atoms with Gasteiger partial charge in [-0.05, 0) is 19.1 Å². The van der Waals surface area contributed by atoms with E-state index in [0.29, 0.717) is 31.9 Å². The maximum Gasteiger partial charge on any atom is 0.415 e. The molecule has 27 heavy (non-hydrogen) atoms. The monoisotopic (exact) mass is 388 g/mol. The molecule has 1 aromatic heterocycles. The second-order valence-electron chi connectivity index (χ2n) is 6.33. The Hall–Kier alpha value is -2.45. The lowest BCUT2D eigenvalue weighted by Gasteiger charge is -2.33. The number of piperazine rings is 1. The normalized spacial score (nSPS) is 14.8. The standard InChI is InChI=1S/C19H24N4O3S/c1-3-23(15(2)24)18-20-16(14-27-18)13-21-9-11-22(12-10-21)19(25)26-17-7-5-4-6-8-17/h4-8,14H,3,9-13H2,1-2H3. The van der Waals surface area contributed by atoms with Gasteiger partial charge in [-0.3, -0.25) is 14.6 Å². The molecule has 0 aliphatic carbocycles. The first-order valence-corrected chi connectivity index (χ1v) is 9.91. The lowest BCUT2D eigenvalue weighted by Crippen LogP contribution is -2.49. The molecule has 1 aliphatic heterocycles. The molecule has 2 heterocycles. The van der Waals surface area contributed by atoms with Crippen molar-refractivity contribution in [3.8, 4) is 5.75 Å². The molecular formula is C19H24N4O3S. The van der Waals surface area contributed by atoms with Crippen LogP contribution < -0.4 is 9.64 Å². The summed E-state index contributed by atoms with van der Waals surface area (Å²) in [5.41, 5.74) is 0.954. The minimum atomic E-state index is -0.308. The van der Waals surface area contributed by atoms with Gasteiger partial charge in [0.05, 0.1) is 5.69 Å². The van der Waals surface area contributed by atoms with Crippen LogP contribution >= 0.6 is 11.3 Å². The number of aromatic nitrogens is 1. The van der Waals surface area contributed by atoms with Crippen LogP contribution in [0.2, 0.25) is 0 Å². The number of thiazole rings is 1. The van der Waals surface area contributed by atoms with E-state index in [4.69, 9.17) is 4.74 Å². The molecular weight excluding hydrogens is 364 g/mol. The smallest absolute Gasteiger partial charge is 0.410 e. The molecule has 1 saturated heterocycles. The number of hydrogen-bond donors (Lipinski definition) is 0. The maximum absolute atomic E-state index is 12.2. The summed E-state index contributed by atoms with van der Waals surface area (Å²) in [4.78, 5) is 34.1. The number of para-hydroxylation sites is 1. The minimum absolute atomic E-state index is 0.00365. The van der Waals surface area contributed by atoms with E-state index >= 15 is 0 Å². The zero-order valence-corrected chi connectivity index (χ0v) is 16.4. The van der Waals surface area contributed by atoms with Crippen LogP contribution in [-0.2, 0) is 11.3 Å². The van der Waals surface area contributed by atoms with Crippen molar-refractivity contribution in [2.45, 2.75) is 20.4 Å². The SMILES string of the molecule is CCN(C(C)=O)c1nc(CN2CCN(C(=O)Oc3ccccc3)CC2)cs1. The Morgan fingerprint density at radius 3 is 2.52 bits per heavy atom. The van der Waals surface area contributed by atoms with Crippen LogP contribution in [-0.4, -0.2) is 59.5 Å². The van der Waals surface area contributed by atoms with Crippen molar-refractivity contribution < 1.29 is 14.3 Å². The number of rotatable bonds is 5. The molecule has 144 valence electrons. The zero-order valence-electron chi connectivity index (χ0n) is 15.6. The van der Waals surface area contributed by atoms with Crippen molar-refractivity contribution in [2.75, 3.05) is 37.6 Å². The van der Waals surface area contributed by atoms with Crippen LogP contribution in [0.4, 0.5) is 9.93 Å². The van der Waals surface area contributed by atoms with Crippen molar-refractivity contribution in [1.29, 1.82) is 0 Å². The summed E-state index contributed by atoms with van der Waals surface area (Å²) in [7, 11) is 0. The number of hydrogen-bond acceptors (Lipinski definition) is 6. The Balaban J connectivity index is 1.49. The zero-order chi connectivity index (χ0) is 19.2. The molecule has 0 bridgehead atoms. The Labute approximate surface area is 163 Å². The summed E-state index contributed by atoms with van der Waals surface area (Å²) in [5.74, 6) is 0.565. The molecule has 0 saturated carbocycles. The molecule has 0 spiro atoms. The van der Waals surface area contributed by atoms with Crippen molar-refractivity contribution in [3.63, 3.8) is 0 Å². The highest BCUT2D eigenvalue weighted by Crippen LogP contribution is 2.22. The number of amides is 2. The van der Waals surface area contributed by atoms with E-state index in [1.807, 2.05) is 30.5 Å². The van der Waals surface area contributed by atoms with E-state index in [1.54, 1.807) is 28.9 Å². The van der Waals surface area contributed by atoms with E-state index in [-0.39, 0.29) is 12.0 Å². The Morgan fingerprint density at radius 2 is 1.89 bits per heavy atom. The van der Waals surface area contributed by atoms with E-state index in [9.17, 15) is 9.59 Å². The van der Waals surface area contributed by atoms with Crippen LogP contribution in [0.3, 0.4) is 0 Å². The van der Waals surface area contributed by atoms with Gasteiger partial charge in [0.1, 0.15) is 5.75 Å². The number of anilines is 1. The quantitative estimate of drug-likeness (QED) is 0.788. The Bertz CT molecular complexity index is 772. The van der Waals surface area contributed by atoms with E-state index in [0.717, 1.165) is 23.9 Å². The molecule has 2 amide bonds. The fourth-order valence-electron chi connectivity index (χ4n) is 2.96. The third-order valence-electron chi connectivity index (χ3n) is 4.43. The number of carbonyl (C=O) groups excluding carboxylic acids is 2. The van der Waals surface area contributed by atoms with Crippen molar-refractivity contribution >= 4 is 28.5 Å². The number of ether oxygens (including phenoxy) is 1. The second kappa shape index (κ2) is 8.96. The molecule has 8 heteroatoms. The molecule has 3 rings (SSSR count). The molecule has 0 atom stereocenters. The van der Waals surface area contributed by atoms with Gasteiger partial charge in [0.25, 0.3) is 0 Å². The van der Waals surface area contributed by atoms with Gasteiger partial charge in [0.2, 0.25) is 5.91 Å². The molecule has 1 aromatic carbocycles. The van der Waals surface area contributed by atoms with Gasteiger partial charge in [-0.25, -0.2) is 9.78 Å². The van der Waals surface area contributed by atoms with Crippen molar-refractivity contribution in [3.05, 3.63) is 41.4 Å². The molecule has 7 nitrogen and oxygen atoms in total. The average molecular weight is 388 g/mol. The highest BCUT2D eigenvalue weighted by molar-refractivity contribution is 7.14. The maximum atomic E-state index is 12.2. The second-order valence-corrected chi connectivity index (χ2v) is 7.17. The van der Waals surface area contributed by atoms with Crippen LogP contribution in [0.5, 0.6) is 5.75 Å². The van der Waals surface area contributed by atoms with Gasteiger partial charge in [0, 0.05) is 51.6 Å². The molecule has 2 aromatic rings. The molecule has 1 fully saturated rings. The minimum Gasteiger partial charge on any atom is -0.410 e. The van der Waals surface area contributed by atoms with Gasteiger partial charge in [-0.2, -0.15) is 0 Å². The summed E-state index contributed by atoms with van der Waals surface area (Å²) >= 11 is 1.49. The first-order valence-electron chi connectivity index (χ1n) is 9.03. The van der Waals surface area contributed by atoms with Gasteiger partial charge in [-0.15, -0.1) is 11.3 Å². The largest absolute Gasteiger partial charge is 0.415 e. The molecule has 0 N–H and O–H groups in total. The summed E-state index contributed by atoms with van der Waals surface area (Å²) in [6.07, 6.45) is -0.308. The fraction of sp³-hybridized carbons (Fsp3) is 0.421. The van der Waals surface area contributed by atoms with Gasteiger partial charge in [0.15, 0.2) is 5.13 Å². The highest BCUT2D eigenvalue weighted by atomic mass is 32.1. The highest BCUT2D eigenvalue weighted by Gasteiger charge is 2.23. The van der Waals surface area contributed by atoms with Crippen LogP contribution in [0.15, 0.2) is 35.7 Å². The van der Waals surface area contributed by atoms with E-state index in [2.05, 4.69) is 9.88 Å². The Morgan fingerprint density at radius 1 is 1.19 bits per heavy atom. The van der Waals surface area contributed by atoms with E-state index < -0.39 is 0 Å². The van der Waals surface area contributed by atoms with Gasteiger partial charge >= 0.3 is 6.09 Å². The number of nitrogens with zero attached hydrogens (tertiary/aromatic N) is 4. The predicted molar refractivity (Wildman–Crippen MR) is 105 cm³/mol. The average Bonchev–Trinajstić information content (AvgIpc) is 3.11. The molecule has 1 aliphatic rings. The first kappa shape index (κ1) is 19.3. The summed E-state index contributed by atoms with van der Waals surface area (Å²) in [5, 5.41) is 2.74. The van der Waals surface area contributed by atoms with E-state index in [1.165, 1.54) is 11.3 Å². The van der Waals surface area contributed by atoms with Gasteiger partial charge in [-0.1, -0.05) is 18.2 Å². The summed E-state index contributed by atoms with van der Waals surface area (Å²) in [6, 6.07) is 9.11. The molecule has 0 unspecified atom stereocenters. The van der Waals surface area contributed by atoms with Crippen LogP contribution in [0, 0.1) is 0 Å². The third-order valence-corrected chi connectivity index (χ3v) is 5.34. The van der Waals surface area contributed by atoms with Crippen molar-refractivity contribution in [2.24, 2.45) is 0 Å². The Kier molecular flexibility index (Phi) is 6.41. The number of carbonyl (C=O) groups is 2. The third kappa shape index (κ3) is 5.05. The summed E-state index contributed by atoms with van der Waals surface area (Å²) < 4.78 is 5.39. The summed E-state index contributed by atoms with van der Waals surface area (Å²) in [6.45, 7) is 7.60. The lowest BCUT2D eigenvalue weighted by molar-refractivity contribution is -0.116. The van der Waals surface area contributed by atoms with Crippen LogP contribution in [0.25, 0.3) is 0 Å². The molecule has 0 radical (unpaired) electrons. The predicted octanol–water partition coefficient (Wildman–Crippen LogP) is 2.83.